The van der Waals surface area contributed by atoms with Crippen molar-refractivity contribution in [2.45, 2.75) is 6.92 Å². The Morgan fingerprint density at radius 3 is 2.21 bits per heavy atom. The minimum atomic E-state index is -0.334. The van der Waals surface area contributed by atoms with Gasteiger partial charge in [-0.15, -0.1) is 0 Å². The molecular weight excluding hydrogens is 358 g/mol. The molecule has 142 valence electrons. The third-order valence-electron chi connectivity index (χ3n) is 4.09. The number of Topliss-reactive ketones (excluding diaryl/α,β-unsaturated/α-hetero) is 1. The molecule has 0 unspecified atom stereocenters. The summed E-state index contributed by atoms with van der Waals surface area (Å²) in [4.78, 5) is 39.7. The molecule has 0 saturated carbocycles. The molecule has 2 aromatic carbocycles. The van der Waals surface area contributed by atoms with Gasteiger partial charge in [0.1, 0.15) is 5.75 Å². The molecule has 28 heavy (non-hydrogen) atoms. The summed E-state index contributed by atoms with van der Waals surface area (Å²) in [6, 6.07) is 13.1. The molecule has 3 rings (SSSR count). The Hall–Kier alpha value is -3.74. The minimum absolute atomic E-state index is 0.0332. The lowest BCUT2D eigenvalue weighted by molar-refractivity contribution is -0.118. The summed E-state index contributed by atoms with van der Waals surface area (Å²) in [6.07, 6.45) is 3.27. The third kappa shape index (κ3) is 4.50. The Kier molecular flexibility index (Phi) is 5.64. The number of amides is 1. The van der Waals surface area contributed by atoms with Gasteiger partial charge < -0.3 is 14.6 Å². The number of benzene rings is 2. The topological polar surface area (TPSA) is 90.3 Å². The highest BCUT2D eigenvalue weighted by Crippen LogP contribution is 2.14. The number of aryl methyl sites for hydroxylation is 1. The van der Waals surface area contributed by atoms with Gasteiger partial charge in [0.25, 0.3) is 5.91 Å². The predicted octanol–water partition coefficient (Wildman–Crippen LogP) is 2.87. The Balaban J connectivity index is 1.55. The van der Waals surface area contributed by atoms with Crippen LogP contribution in [0.15, 0.2) is 60.9 Å². The molecule has 1 N–H and O–H groups in total. The fourth-order valence-corrected chi connectivity index (χ4v) is 2.55. The van der Waals surface area contributed by atoms with Gasteiger partial charge in [0.05, 0.1) is 0 Å². The standard InChI is InChI=1S/C21H19N3O4/c1-14(25)15-5-9-18(10-6-15)28-13-19(26)23-17-7-3-16(4-8-17)20(27)21-22-11-12-24(21)2/h3-12H,13H2,1-2H3,(H,23,26). The predicted molar refractivity (Wildman–Crippen MR) is 104 cm³/mol. The number of nitrogens with one attached hydrogen (secondary N) is 1. The number of anilines is 1. The average molecular weight is 377 g/mol. The van der Waals surface area contributed by atoms with Crippen LogP contribution in [0.1, 0.15) is 33.5 Å². The lowest BCUT2D eigenvalue weighted by Crippen LogP contribution is -2.20. The average Bonchev–Trinajstić information content (AvgIpc) is 3.12. The molecule has 7 nitrogen and oxygen atoms in total. The van der Waals surface area contributed by atoms with E-state index in [2.05, 4.69) is 10.3 Å². The number of carbonyl (C=O) groups is 3. The molecule has 0 aliphatic heterocycles. The SMILES string of the molecule is CC(=O)c1ccc(OCC(=O)Nc2ccc(C(=O)c3nccn3C)cc2)cc1. The maximum absolute atomic E-state index is 12.4. The number of ether oxygens (including phenoxy) is 1. The quantitative estimate of drug-likeness (QED) is 0.640. The Bertz CT molecular complexity index is 1000. The molecule has 3 aromatic rings. The number of hydrogen-bond donors (Lipinski definition) is 1. The Morgan fingerprint density at radius 1 is 1.00 bits per heavy atom. The van der Waals surface area contributed by atoms with Crippen LogP contribution in [-0.4, -0.2) is 33.6 Å². The van der Waals surface area contributed by atoms with Crippen molar-refractivity contribution in [2.24, 2.45) is 7.05 Å². The van der Waals surface area contributed by atoms with Gasteiger partial charge in [0, 0.05) is 36.3 Å². The zero-order valence-electron chi connectivity index (χ0n) is 15.5. The van der Waals surface area contributed by atoms with Crippen LogP contribution in [0.2, 0.25) is 0 Å². The van der Waals surface area contributed by atoms with Crippen molar-refractivity contribution < 1.29 is 19.1 Å². The van der Waals surface area contributed by atoms with E-state index in [0.717, 1.165) is 0 Å². The van der Waals surface area contributed by atoms with Crippen LogP contribution < -0.4 is 10.1 Å². The van der Waals surface area contributed by atoms with Gasteiger partial charge >= 0.3 is 0 Å². The van der Waals surface area contributed by atoms with Crippen LogP contribution in [-0.2, 0) is 11.8 Å². The van der Waals surface area contributed by atoms with Crippen molar-refractivity contribution in [3.63, 3.8) is 0 Å². The molecule has 0 spiro atoms. The van der Waals surface area contributed by atoms with E-state index in [1.165, 1.54) is 6.92 Å². The van der Waals surface area contributed by atoms with Crippen molar-refractivity contribution in [3.05, 3.63) is 77.9 Å². The van der Waals surface area contributed by atoms with Crippen molar-refractivity contribution in [3.8, 4) is 5.75 Å². The van der Waals surface area contributed by atoms with Gasteiger partial charge in [-0.3, -0.25) is 14.4 Å². The molecule has 0 bridgehead atoms. The van der Waals surface area contributed by atoms with Crippen molar-refractivity contribution in [1.82, 2.24) is 9.55 Å². The summed E-state index contributed by atoms with van der Waals surface area (Å²) < 4.78 is 7.06. The van der Waals surface area contributed by atoms with Crippen LogP contribution in [0.5, 0.6) is 5.75 Å². The molecule has 1 heterocycles. The molecule has 0 aliphatic carbocycles. The van der Waals surface area contributed by atoms with E-state index < -0.39 is 0 Å². The third-order valence-corrected chi connectivity index (χ3v) is 4.09. The first kappa shape index (κ1) is 19.0. The fraction of sp³-hybridized carbons (Fsp3) is 0.143. The van der Waals surface area contributed by atoms with Crippen LogP contribution in [0.3, 0.4) is 0 Å². The molecule has 0 radical (unpaired) electrons. The lowest BCUT2D eigenvalue weighted by atomic mass is 10.1. The monoisotopic (exact) mass is 377 g/mol. The summed E-state index contributed by atoms with van der Waals surface area (Å²) >= 11 is 0. The second-order valence-corrected chi connectivity index (χ2v) is 6.19. The first-order valence-electron chi connectivity index (χ1n) is 8.60. The second kappa shape index (κ2) is 8.30. The number of nitrogens with zero attached hydrogens (tertiary/aromatic N) is 2. The fourth-order valence-electron chi connectivity index (χ4n) is 2.55. The molecule has 7 heteroatoms. The molecule has 1 amide bonds. The minimum Gasteiger partial charge on any atom is -0.484 e. The molecule has 0 aliphatic rings. The van der Waals surface area contributed by atoms with Crippen LogP contribution in [0.25, 0.3) is 0 Å². The van der Waals surface area contributed by atoms with Gasteiger partial charge in [0.2, 0.25) is 5.78 Å². The van der Waals surface area contributed by atoms with Crippen molar-refractivity contribution in [2.75, 3.05) is 11.9 Å². The van der Waals surface area contributed by atoms with Gasteiger partial charge in [0.15, 0.2) is 18.2 Å². The van der Waals surface area contributed by atoms with Gasteiger partial charge in [-0.25, -0.2) is 4.98 Å². The second-order valence-electron chi connectivity index (χ2n) is 6.19. The van der Waals surface area contributed by atoms with E-state index >= 15 is 0 Å². The summed E-state index contributed by atoms with van der Waals surface area (Å²) in [5, 5.41) is 2.70. The number of imidazole rings is 1. The first-order valence-corrected chi connectivity index (χ1v) is 8.60. The summed E-state index contributed by atoms with van der Waals surface area (Å²) in [6.45, 7) is 1.31. The van der Waals surface area contributed by atoms with Crippen LogP contribution >= 0.6 is 0 Å². The number of rotatable bonds is 7. The van der Waals surface area contributed by atoms with Crippen molar-refractivity contribution >= 4 is 23.2 Å². The normalized spacial score (nSPS) is 10.4. The molecule has 0 fully saturated rings. The Labute approximate surface area is 162 Å². The summed E-state index contributed by atoms with van der Waals surface area (Å²) in [7, 11) is 1.75. The number of carbonyl (C=O) groups excluding carboxylic acids is 3. The highest BCUT2D eigenvalue weighted by molar-refractivity contribution is 6.07. The van der Waals surface area contributed by atoms with Crippen molar-refractivity contribution in [1.29, 1.82) is 0 Å². The van der Waals surface area contributed by atoms with Gasteiger partial charge in [-0.05, 0) is 55.5 Å². The van der Waals surface area contributed by atoms with Crippen LogP contribution in [0.4, 0.5) is 5.69 Å². The van der Waals surface area contributed by atoms with E-state index in [1.54, 1.807) is 72.5 Å². The number of hydrogen-bond acceptors (Lipinski definition) is 5. The maximum atomic E-state index is 12.4. The van der Waals surface area contributed by atoms with Gasteiger partial charge in [-0.2, -0.15) is 0 Å². The van der Waals surface area contributed by atoms with E-state index in [1.807, 2.05) is 0 Å². The van der Waals surface area contributed by atoms with E-state index in [-0.39, 0.29) is 24.1 Å². The maximum Gasteiger partial charge on any atom is 0.262 e. The highest BCUT2D eigenvalue weighted by Gasteiger charge is 2.13. The summed E-state index contributed by atoms with van der Waals surface area (Å²) in [5.41, 5.74) is 1.61. The molecule has 0 atom stereocenters. The Morgan fingerprint density at radius 2 is 1.64 bits per heavy atom. The molecule has 1 aromatic heterocycles. The number of ketones is 2. The summed E-state index contributed by atoms with van der Waals surface area (Å²) in [5.74, 6) is 0.285. The van der Waals surface area contributed by atoms with E-state index in [9.17, 15) is 14.4 Å². The highest BCUT2D eigenvalue weighted by atomic mass is 16.5. The largest absolute Gasteiger partial charge is 0.484 e. The lowest BCUT2D eigenvalue weighted by Gasteiger charge is -2.08. The van der Waals surface area contributed by atoms with Gasteiger partial charge in [-0.1, -0.05) is 0 Å². The first-order chi connectivity index (χ1) is 13.4. The molecular formula is C21H19N3O4. The van der Waals surface area contributed by atoms with Crippen LogP contribution in [0, 0.1) is 0 Å². The van der Waals surface area contributed by atoms with E-state index in [4.69, 9.17) is 4.74 Å². The smallest absolute Gasteiger partial charge is 0.262 e. The van der Waals surface area contributed by atoms with E-state index in [0.29, 0.717) is 28.4 Å². The molecule has 0 saturated heterocycles. The zero-order chi connectivity index (χ0) is 20.1. The number of aromatic nitrogens is 2. The zero-order valence-corrected chi connectivity index (χ0v) is 15.5.